The molecule has 0 atom stereocenters. The first-order chi connectivity index (χ1) is 5.69. The van der Waals surface area contributed by atoms with Crippen LogP contribution in [0.5, 0.6) is 0 Å². The predicted molar refractivity (Wildman–Crippen MR) is 57.6 cm³/mol. The first-order valence-electron chi connectivity index (χ1n) is 4.18. The Bertz CT molecular complexity index is 169. The topological polar surface area (TPSA) is 27.3 Å². The van der Waals surface area contributed by atoms with Gasteiger partial charge in [0.1, 0.15) is 0 Å². The summed E-state index contributed by atoms with van der Waals surface area (Å²) in [7, 11) is 2.03. The van der Waals surface area contributed by atoms with Gasteiger partial charge in [0.25, 0.3) is 6.98 Å². The smallest absolute Gasteiger partial charge is 0.314 e. The van der Waals surface area contributed by atoms with Crippen LogP contribution in [0.25, 0.3) is 0 Å². The van der Waals surface area contributed by atoms with Crippen LogP contribution < -0.4 is 10.3 Å². The molecule has 0 aliphatic carbocycles. The van der Waals surface area contributed by atoms with Crippen LogP contribution in [0.15, 0.2) is 25.1 Å². The maximum atomic E-state index is 3.77. The maximum Gasteiger partial charge on any atom is 0.314 e. The predicted octanol–water partition coefficient (Wildman–Crippen LogP) is -0.344. The van der Waals surface area contributed by atoms with E-state index in [4.69, 9.17) is 0 Å². The summed E-state index contributed by atoms with van der Waals surface area (Å²) in [5, 5.41) is 6.66. The van der Waals surface area contributed by atoms with Crippen LogP contribution in [0, 0.1) is 0 Å². The second-order valence-corrected chi connectivity index (χ2v) is 3.08. The molecule has 0 amide bonds. The van der Waals surface area contributed by atoms with Crippen molar-refractivity contribution in [1.82, 2.24) is 15.0 Å². The van der Waals surface area contributed by atoms with Crippen molar-refractivity contribution in [2.75, 3.05) is 7.05 Å². The fourth-order valence-corrected chi connectivity index (χ4v) is 1.44. The van der Waals surface area contributed by atoms with Gasteiger partial charge in [-0.1, -0.05) is 18.8 Å². The zero-order valence-corrected chi connectivity index (χ0v) is 7.75. The number of hydrogen-bond acceptors (Lipinski definition) is 3. The third-order valence-corrected chi connectivity index (χ3v) is 2.17. The Morgan fingerprint density at radius 2 is 1.58 bits per heavy atom. The van der Waals surface area contributed by atoms with Crippen LogP contribution in [0.1, 0.15) is 0 Å². The van der Waals surface area contributed by atoms with E-state index >= 15 is 0 Å². The number of hydrogen-bond donors (Lipinski definition) is 2. The molecule has 0 saturated carbocycles. The fourth-order valence-electron chi connectivity index (χ4n) is 1.44. The lowest BCUT2D eigenvalue weighted by Gasteiger charge is -2.36. The third kappa shape index (κ3) is 1.83. The number of rotatable bonds is 2. The molecule has 0 unspecified atom stereocenters. The van der Waals surface area contributed by atoms with Crippen molar-refractivity contribution >= 4 is 20.9 Å². The van der Waals surface area contributed by atoms with Gasteiger partial charge in [-0.2, -0.15) is 0 Å². The molecule has 1 fully saturated rings. The van der Waals surface area contributed by atoms with E-state index < -0.39 is 0 Å². The molecule has 1 aliphatic rings. The van der Waals surface area contributed by atoms with E-state index in [1.54, 1.807) is 0 Å². The zero-order valence-electron chi connectivity index (χ0n) is 7.75. The van der Waals surface area contributed by atoms with E-state index in [2.05, 4.69) is 35.0 Å². The highest BCUT2D eigenvalue weighted by Crippen LogP contribution is 1.99. The molecule has 0 aromatic rings. The zero-order chi connectivity index (χ0) is 9.14. The Hall–Kier alpha value is -0.445. The summed E-state index contributed by atoms with van der Waals surface area (Å²) in [5.74, 6) is 3.79. The van der Waals surface area contributed by atoms with Crippen LogP contribution in [0.4, 0.5) is 0 Å². The Morgan fingerprint density at radius 3 is 1.92 bits per heavy atom. The lowest BCUT2D eigenvalue weighted by Crippen LogP contribution is -2.72. The summed E-state index contributed by atoms with van der Waals surface area (Å²) in [5.41, 5.74) is 0. The number of nitrogens with zero attached hydrogens (tertiary/aromatic N) is 1. The van der Waals surface area contributed by atoms with Gasteiger partial charge in [0.15, 0.2) is 0 Å². The molecule has 0 aromatic carbocycles. The summed E-state index contributed by atoms with van der Waals surface area (Å²) >= 11 is 0. The third-order valence-electron chi connectivity index (χ3n) is 2.17. The molecule has 0 aromatic heterocycles. The first kappa shape index (κ1) is 9.64. The van der Waals surface area contributed by atoms with Crippen LogP contribution in [0.2, 0.25) is 6.82 Å². The largest absolute Gasteiger partial charge is 0.368 e. The van der Waals surface area contributed by atoms with Gasteiger partial charge in [0, 0.05) is 0 Å². The maximum absolute atomic E-state index is 3.77. The van der Waals surface area contributed by atoms with Crippen molar-refractivity contribution in [3.05, 3.63) is 25.1 Å². The lowest BCUT2D eigenvalue weighted by atomic mass is 9.48. The van der Waals surface area contributed by atoms with Crippen molar-refractivity contribution in [2.45, 2.75) is 6.82 Å². The van der Waals surface area contributed by atoms with Crippen molar-refractivity contribution in [3.8, 4) is 0 Å². The average Bonchev–Trinajstić information content (AvgIpc) is 2.08. The first-order valence-corrected chi connectivity index (χ1v) is 4.18. The molecule has 6 heteroatoms. The van der Waals surface area contributed by atoms with Crippen molar-refractivity contribution in [1.29, 1.82) is 0 Å². The summed E-state index contributed by atoms with van der Waals surface area (Å²) in [6.45, 7) is 10.4. The molecule has 3 nitrogen and oxygen atoms in total. The SMILES string of the molecule is C=CB1NB(C)NB(C=C)N1C. The highest BCUT2D eigenvalue weighted by atomic mass is 15.2. The highest BCUT2D eigenvalue weighted by molar-refractivity contribution is 6.89. The van der Waals surface area contributed by atoms with Crippen molar-refractivity contribution in [3.63, 3.8) is 0 Å². The van der Waals surface area contributed by atoms with Crippen molar-refractivity contribution in [2.24, 2.45) is 0 Å². The summed E-state index contributed by atoms with van der Waals surface area (Å²) in [4.78, 5) is 0. The quantitative estimate of drug-likeness (QED) is 0.542. The molecule has 0 spiro atoms. The molecule has 0 bridgehead atoms. The van der Waals surface area contributed by atoms with Gasteiger partial charge in [-0.15, -0.1) is 13.2 Å². The minimum Gasteiger partial charge on any atom is -0.368 e. The average molecular weight is 161 g/mol. The van der Waals surface area contributed by atoms with E-state index in [0.717, 1.165) is 0 Å². The van der Waals surface area contributed by atoms with E-state index in [0.29, 0.717) is 6.98 Å². The van der Waals surface area contributed by atoms with Gasteiger partial charge in [-0.05, 0) is 7.05 Å². The van der Waals surface area contributed by atoms with Crippen LogP contribution in [0.3, 0.4) is 0 Å². The molecule has 1 aliphatic heterocycles. The second-order valence-electron chi connectivity index (χ2n) is 3.08. The highest BCUT2D eigenvalue weighted by Gasteiger charge is 2.34. The van der Waals surface area contributed by atoms with Gasteiger partial charge < -0.3 is 15.0 Å². The molecule has 1 heterocycles. The summed E-state index contributed by atoms with van der Waals surface area (Å²) in [6.07, 6.45) is 0. The van der Waals surface area contributed by atoms with E-state index in [-0.39, 0.29) is 14.0 Å². The fraction of sp³-hybridized carbons (Fsp3) is 0.333. The monoisotopic (exact) mass is 161 g/mol. The summed E-state index contributed by atoms with van der Waals surface area (Å²) < 4.78 is 2.14. The van der Waals surface area contributed by atoms with Crippen molar-refractivity contribution < 1.29 is 0 Å². The molecule has 62 valence electrons. The second kappa shape index (κ2) is 3.98. The Kier molecular flexibility index (Phi) is 3.20. The normalized spacial score (nSPS) is 19.7. The molecule has 1 rings (SSSR count). The molecule has 0 radical (unpaired) electrons. The van der Waals surface area contributed by atoms with E-state index in [1.165, 1.54) is 0 Å². The minimum absolute atomic E-state index is 0.226. The van der Waals surface area contributed by atoms with Gasteiger partial charge >= 0.3 is 14.0 Å². The van der Waals surface area contributed by atoms with Crippen LogP contribution >= 0.6 is 0 Å². The molecule has 2 N–H and O–H groups in total. The Labute approximate surface area is 75.6 Å². The summed E-state index contributed by atoms with van der Waals surface area (Å²) in [6, 6.07) is 0. The van der Waals surface area contributed by atoms with E-state index in [9.17, 15) is 0 Å². The number of nitrogens with one attached hydrogen (secondary N) is 2. The Balaban J connectivity index is 2.66. The van der Waals surface area contributed by atoms with Gasteiger partial charge in [0.05, 0.1) is 0 Å². The minimum atomic E-state index is 0.226. The van der Waals surface area contributed by atoms with Gasteiger partial charge in [0.2, 0.25) is 0 Å². The van der Waals surface area contributed by atoms with Crippen LogP contribution in [-0.4, -0.2) is 32.7 Å². The van der Waals surface area contributed by atoms with Crippen LogP contribution in [-0.2, 0) is 0 Å². The lowest BCUT2D eigenvalue weighted by molar-refractivity contribution is 0.771. The standard InChI is InChI=1S/C6H14B3N3/c1-5-8-10-7(3)11-9(6-2)12(8)4/h5-6,10-11H,1-2H2,3-4H3. The molecule has 1 saturated heterocycles. The molecular formula is C6H14B3N3. The van der Waals surface area contributed by atoms with Gasteiger partial charge in [-0.25, -0.2) is 0 Å². The van der Waals surface area contributed by atoms with Gasteiger partial charge in [-0.3, -0.25) is 0 Å². The molecular weight excluding hydrogens is 147 g/mol. The Morgan fingerprint density at radius 1 is 1.17 bits per heavy atom. The molecule has 12 heavy (non-hydrogen) atoms. The van der Waals surface area contributed by atoms with E-state index in [1.807, 2.05) is 19.0 Å².